The Labute approximate surface area is 179 Å². The maximum atomic E-state index is 12.1. The van der Waals surface area contributed by atoms with Gasteiger partial charge in [-0.05, 0) is 46.0 Å². The lowest BCUT2D eigenvalue weighted by molar-refractivity contribution is 0.144. The highest BCUT2D eigenvalue weighted by atomic mass is 35.5. The second kappa shape index (κ2) is 8.73. The molecule has 3 aromatic rings. The van der Waals surface area contributed by atoms with E-state index >= 15 is 0 Å². The molecular weight excluding hydrogens is 405 g/mol. The topological polar surface area (TPSA) is 38.3 Å². The van der Waals surface area contributed by atoms with Gasteiger partial charge in [-0.3, -0.25) is 0 Å². The van der Waals surface area contributed by atoms with Gasteiger partial charge in [0, 0.05) is 22.5 Å². The van der Waals surface area contributed by atoms with Crippen molar-refractivity contribution < 1.29 is 9.53 Å². The summed E-state index contributed by atoms with van der Waals surface area (Å²) in [7, 11) is 0. The lowest BCUT2D eigenvalue weighted by atomic mass is 9.98. The Balaban J connectivity index is 1.34. The van der Waals surface area contributed by atoms with Crippen molar-refractivity contribution in [2.45, 2.75) is 5.92 Å². The Hall–Kier alpha value is -2.75. The molecule has 1 amide bonds. The van der Waals surface area contributed by atoms with Crippen LogP contribution in [0.1, 0.15) is 22.6 Å². The number of carbonyl (C=O) groups excluding carboxylic acids is 1. The molecule has 0 fully saturated rings. The zero-order chi connectivity index (χ0) is 20.2. The average Bonchev–Trinajstić information content (AvgIpc) is 3.06. The highest BCUT2D eigenvalue weighted by molar-refractivity contribution is 6.34. The summed E-state index contributed by atoms with van der Waals surface area (Å²) < 4.78 is 5.50. The van der Waals surface area contributed by atoms with Crippen LogP contribution in [0.25, 0.3) is 17.2 Å². The lowest BCUT2D eigenvalue weighted by Gasteiger charge is -2.14. The first-order chi connectivity index (χ1) is 14.1. The molecule has 0 aliphatic heterocycles. The first-order valence-electron chi connectivity index (χ1n) is 9.34. The van der Waals surface area contributed by atoms with E-state index in [1.54, 1.807) is 24.3 Å². The van der Waals surface area contributed by atoms with Crippen LogP contribution in [-0.2, 0) is 4.74 Å². The van der Waals surface area contributed by atoms with E-state index in [0.717, 1.165) is 5.56 Å². The summed E-state index contributed by atoms with van der Waals surface area (Å²) in [5.41, 5.74) is 5.60. The standard InChI is InChI=1S/C24H19Cl2NO2/c25-17-11-12-23(26)16(14-17)6-5-13-27-24(28)29-15-22-20-9-3-1-7-18(20)19-8-2-4-10-21(19)22/h1-12,14,22H,13,15H2,(H,27,28). The maximum absolute atomic E-state index is 12.1. The van der Waals surface area contributed by atoms with Crippen LogP contribution in [0.5, 0.6) is 0 Å². The van der Waals surface area contributed by atoms with Gasteiger partial charge in [-0.25, -0.2) is 4.79 Å². The molecule has 0 unspecified atom stereocenters. The lowest BCUT2D eigenvalue weighted by Crippen LogP contribution is -2.26. The quantitative estimate of drug-likeness (QED) is 0.505. The Kier molecular flexibility index (Phi) is 5.89. The van der Waals surface area contributed by atoms with E-state index in [4.69, 9.17) is 27.9 Å². The predicted octanol–water partition coefficient (Wildman–Crippen LogP) is 6.55. The Morgan fingerprint density at radius 2 is 1.62 bits per heavy atom. The third-order valence-corrected chi connectivity index (χ3v) is 5.54. The fourth-order valence-corrected chi connectivity index (χ4v) is 3.98. The molecule has 0 saturated heterocycles. The van der Waals surface area contributed by atoms with Gasteiger partial charge in [0.15, 0.2) is 0 Å². The molecule has 1 aliphatic rings. The third kappa shape index (κ3) is 4.31. The van der Waals surface area contributed by atoms with E-state index in [1.165, 1.54) is 22.3 Å². The van der Waals surface area contributed by atoms with Crippen molar-refractivity contribution >= 4 is 35.4 Å². The molecule has 1 aliphatic carbocycles. The van der Waals surface area contributed by atoms with Gasteiger partial charge in [0.05, 0.1) is 0 Å². The fraction of sp³-hybridized carbons (Fsp3) is 0.125. The number of halogens is 2. The van der Waals surface area contributed by atoms with Crippen LogP contribution in [0.2, 0.25) is 10.0 Å². The van der Waals surface area contributed by atoms with Gasteiger partial charge < -0.3 is 10.1 Å². The molecular formula is C24H19Cl2NO2. The number of rotatable bonds is 5. The number of fused-ring (bicyclic) bond motifs is 3. The Morgan fingerprint density at radius 3 is 2.31 bits per heavy atom. The van der Waals surface area contributed by atoms with Gasteiger partial charge in [0.1, 0.15) is 6.61 Å². The van der Waals surface area contributed by atoms with Gasteiger partial charge in [-0.15, -0.1) is 0 Å². The zero-order valence-electron chi connectivity index (χ0n) is 15.6. The largest absolute Gasteiger partial charge is 0.449 e. The SMILES string of the molecule is O=C(NCC=Cc1cc(Cl)ccc1Cl)OCC1c2ccccc2-c2ccccc21. The number of benzene rings is 3. The molecule has 146 valence electrons. The van der Waals surface area contributed by atoms with Gasteiger partial charge in [0.25, 0.3) is 0 Å². The second-order valence-electron chi connectivity index (χ2n) is 6.77. The van der Waals surface area contributed by atoms with Crippen molar-refractivity contribution in [1.82, 2.24) is 5.32 Å². The molecule has 3 nitrogen and oxygen atoms in total. The van der Waals surface area contributed by atoms with Crippen LogP contribution >= 0.6 is 23.2 Å². The van der Waals surface area contributed by atoms with Crippen LogP contribution < -0.4 is 5.32 Å². The van der Waals surface area contributed by atoms with Gasteiger partial charge in [-0.1, -0.05) is 83.9 Å². The van der Waals surface area contributed by atoms with Crippen molar-refractivity contribution in [3.63, 3.8) is 0 Å². The van der Waals surface area contributed by atoms with Gasteiger partial charge >= 0.3 is 6.09 Å². The summed E-state index contributed by atoms with van der Waals surface area (Å²) in [6, 6.07) is 21.8. The van der Waals surface area contributed by atoms with Crippen LogP contribution in [0, 0.1) is 0 Å². The molecule has 0 aromatic heterocycles. The monoisotopic (exact) mass is 423 g/mol. The number of nitrogens with one attached hydrogen (secondary N) is 1. The number of alkyl carbamates (subject to hydrolysis) is 1. The maximum Gasteiger partial charge on any atom is 0.407 e. The molecule has 0 saturated carbocycles. The summed E-state index contributed by atoms with van der Waals surface area (Å²) in [5.74, 6) is 0.0500. The average molecular weight is 424 g/mol. The number of carbonyl (C=O) groups is 1. The fourth-order valence-electron chi connectivity index (χ4n) is 3.62. The smallest absolute Gasteiger partial charge is 0.407 e. The Bertz CT molecular complexity index is 1030. The second-order valence-corrected chi connectivity index (χ2v) is 7.62. The molecule has 0 bridgehead atoms. The highest BCUT2D eigenvalue weighted by Crippen LogP contribution is 2.44. The first-order valence-corrected chi connectivity index (χ1v) is 10.1. The van der Waals surface area contributed by atoms with Crippen LogP contribution in [-0.4, -0.2) is 19.2 Å². The van der Waals surface area contributed by atoms with E-state index in [0.29, 0.717) is 23.2 Å². The molecule has 1 N–H and O–H groups in total. The number of hydrogen-bond acceptors (Lipinski definition) is 2. The summed E-state index contributed by atoms with van der Waals surface area (Å²) in [6.45, 7) is 0.628. The molecule has 4 rings (SSSR count). The van der Waals surface area contributed by atoms with E-state index < -0.39 is 6.09 Å². The third-order valence-electron chi connectivity index (χ3n) is 4.96. The van der Waals surface area contributed by atoms with Crippen molar-refractivity contribution in [3.8, 4) is 11.1 Å². The normalized spacial score (nSPS) is 12.6. The van der Waals surface area contributed by atoms with Gasteiger partial charge in [-0.2, -0.15) is 0 Å². The molecule has 0 spiro atoms. The minimum absolute atomic E-state index is 0.0500. The predicted molar refractivity (Wildman–Crippen MR) is 119 cm³/mol. The molecule has 5 heteroatoms. The van der Waals surface area contributed by atoms with E-state index in [-0.39, 0.29) is 5.92 Å². The van der Waals surface area contributed by atoms with Crippen LogP contribution in [0.4, 0.5) is 4.79 Å². The van der Waals surface area contributed by atoms with E-state index in [1.807, 2.05) is 30.3 Å². The Morgan fingerprint density at radius 1 is 0.966 bits per heavy atom. The van der Waals surface area contributed by atoms with Crippen LogP contribution in [0.15, 0.2) is 72.8 Å². The summed E-state index contributed by atoms with van der Waals surface area (Å²) in [5, 5.41) is 3.95. The molecule has 0 radical (unpaired) electrons. The molecule has 29 heavy (non-hydrogen) atoms. The van der Waals surface area contributed by atoms with Crippen molar-refractivity contribution in [2.24, 2.45) is 0 Å². The zero-order valence-corrected chi connectivity index (χ0v) is 17.1. The van der Waals surface area contributed by atoms with E-state index in [9.17, 15) is 4.79 Å². The van der Waals surface area contributed by atoms with Crippen molar-refractivity contribution in [1.29, 1.82) is 0 Å². The van der Waals surface area contributed by atoms with Gasteiger partial charge in [0.2, 0.25) is 0 Å². The number of amides is 1. The first kappa shape index (κ1) is 19.6. The summed E-state index contributed by atoms with van der Waals surface area (Å²) >= 11 is 12.1. The van der Waals surface area contributed by atoms with Crippen molar-refractivity contribution in [3.05, 3.63) is 99.5 Å². The van der Waals surface area contributed by atoms with Crippen LogP contribution in [0.3, 0.4) is 0 Å². The number of ether oxygens (including phenoxy) is 1. The molecule has 3 aromatic carbocycles. The molecule has 0 heterocycles. The van der Waals surface area contributed by atoms with E-state index in [2.05, 4.69) is 29.6 Å². The summed E-state index contributed by atoms with van der Waals surface area (Å²) in [4.78, 5) is 12.1. The molecule has 0 atom stereocenters. The minimum atomic E-state index is -0.450. The van der Waals surface area contributed by atoms with Crippen molar-refractivity contribution in [2.75, 3.05) is 13.2 Å². The highest BCUT2D eigenvalue weighted by Gasteiger charge is 2.28. The summed E-state index contributed by atoms with van der Waals surface area (Å²) in [6.07, 6.45) is 3.17. The number of hydrogen-bond donors (Lipinski definition) is 1. The minimum Gasteiger partial charge on any atom is -0.449 e.